The molecule has 5 aromatic rings. The fourth-order valence-corrected chi connectivity index (χ4v) is 7.20. The van der Waals surface area contributed by atoms with Crippen molar-refractivity contribution in [3.8, 4) is 28.8 Å². The van der Waals surface area contributed by atoms with Gasteiger partial charge >= 0.3 is 0 Å². The predicted octanol–water partition coefficient (Wildman–Crippen LogP) is 4.87. The molecule has 1 saturated carbocycles. The Morgan fingerprint density at radius 2 is 1.96 bits per heavy atom. The number of nitrogens with zero attached hydrogens (tertiary/aromatic N) is 11. The number of fused-ring (bicyclic) bond motifs is 2. The van der Waals surface area contributed by atoms with Gasteiger partial charge in [0.25, 0.3) is 5.88 Å². The van der Waals surface area contributed by atoms with E-state index in [0.29, 0.717) is 54.1 Å². The Bertz CT molecular complexity index is 1950. The third kappa shape index (κ3) is 6.74. The molecule has 0 unspecified atom stereocenters. The Hall–Kier alpha value is -5.56. The zero-order chi connectivity index (χ0) is 33.2. The number of tetrazole rings is 1. The standard InChI is InChI=1S/C33H34N12O3S/c1-21(15-43-20-38-41-42-43)48-30-10-22(2-3-23(30)12-34)24-13-36-33(37-14-24)39-29-17-45(40-32(29)47-19-31-35-8-9-49-31)26-6-4-25(5-7-26)44-16-28-11-27(44)18-46-28/h2-3,8-10,13-14,16-17,20-21,25-27H,4-7,11,15,18-19H2,1H3,(H,36,37,39)/t21-,25?,26?,27+/m0/s1. The van der Waals surface area contributed by atoms with Crippen molar-refractivity contribution < 1.29 is 14.2 Å². The van der Waals surface area contributed by atoms with Gasteiger partial charge in [-0.3, -0.25) is 4.68 Å². The summed E-state index contributed by atoms with van der Waals surface area (Å²) < 4.78 is 21.6. The zero-order valence-corrected chi connectivity index (χ0v) is 27.6. The van der Waals surface area contributed by atoms with Crippen molar-refractivity contribution in [1.29, 1.82) is 5.26 Å². The number of anilines is 2. The summed E-state index contributed by atoms with van der Waals surface area (Å²) in [6.45, 7) is 3.47. The first kappa shape index (κ1) is 30.8. The van der Waals surface area contributed by atoms with Crippen molar-refractivity contribution in [2.75, 3.05) is 11.9 Å². The molecule has 2 bridgehead atoms. The molecule has 1 aliphatic carbocycles. The van der Waals surface area contributed by atoms with Gasteiger partial charge in [0.1, 0.15) is 53.9 Å². The summed E-state index contributed by atoms with van der Waals surface area (Å²) in [6.07, 6.45) is 16.0. The molecule has 3 aliphatic rings. The highest BCUT2D eigenvalue weighted by Crippen LogP contribution is 2.39. The number of benzene rings is 1. The number of ether oxygens (including phenoxy) is 3. The second kappa shape index (κ2) is 13.5. The van der Waals surface area contributed by atoms with Crippen molar-refractivity contribution >= 4 is 23.0 Å². The van der Waals surface area contributed by atoms with E-state index in [1.165, 1.54) is 6.33 Å². The van der Waals surface area contributed by atoms with Gasteiger partial charge in [-0.1, -0.05) is 6.07 Å². The second-order valence-electron chi connectivity index (χ2n) is 12.4. The highest BCUT2D eigenvalue weighted by atomic mass is 32.1. The smallest absolute Gasteiger partial charge is 0.257 e. The van der Waals surface area contributed by atoms with Crippen LogP contribution in [0.5, 0.6) is 11.6 Å². The molecule has 0 amide bonds. The van der Waals surface area contributed by atoms with Crippen molar-refractivity contribution in [3.63, 3.8) is 0 Å². The molecule has 49 heavy (non-hydrogen) atoms. The van der Waals surface area contributed by atoms with E-state index in [1.807, 2.05) is 35.3 Å². The number of aromatic nitrogens is 9. The van der Waals surface area contributed by atoms with Gasteiger partial charge in [-0.25, -0.2) is 19.6 Å². The van der Waals surface area contributed by atoms with Crippen molar-refractivity contribution in [1.82, 2.24) is 49.8 Å². The molecule has 2 atom stereocenters. The molecule has 1 saturated heterocycles. The van der Waals surface area contributed by atoms with Crippen LogP contribution in [0, 0.1) is 11.3 Å². The first-order valence-corrected chi connectivity index (χ1v) is 17.2. The van der Waals surface area contributed by atoms with Gasteiger partial charge in [0.05, 0.1) is 30.4 Å². The van der Waals surface area contributed by atoms with Crippen LogP contribution in [-0.2, 0) is 17.9 Å². The summed E-state index contributed by atoms with van der Waals surface area (Å²) in [5.41, 5.74) is 2.71. The Morgan fingerprint density at radius 1 is 1.10 bits per heavy atom. The first-order chi connectivity index (χ1) is 24.1. The van der Waals surface area contributed by atoms with E-state index in [9.17, 15) is 5.26 Å². The molecule has 250 valence electrons. The Labute approximate surface area is 286 Å². The summed E-state index contributed by atoms with van der Waals surface area (Å²) in [7, 11) is 0. The molecule has 15 nitrogen and oxygen atoms in total. The largest absolute Gasteiger partial charge is 0.494 e. The molecule has 8 rings (SSSR count). The van der Waals surface area contributed by atoms with E-state index in [2.05, 4.69) is 53.0 Å². The van der Waals surface area contributed by atoms with E-state index < -0.39 is 0 Å². The van der Waals surface area contributed by atoms with E-state index in [4.69, 9.17) is 19.3 Å². The average Bonchev–Trinajstić information content (AvgIpc) is 3.98. The molecule has 2 aliphatic heterocycles. The Morgan fingerprint density at radius 3 is 2.67 bits per heavy atom. The minimum absolute atomic E-state index is 0.268. The molecule has 16 heteroatoms. The highest BCUT2D eigenvalue weighted by molar-refractivity contribution is 7.09. The van der Waals surface area contributed by atoms with Crippen molar-refractivity contribution in [3.05, 3.63) is 77.2 Å². The van der Waals surface area contributed by atoms with Crippen LogP contribution in [-0.4, -0.2) is 74.6 Å². The van der Waals surface area contributed by atoms with Crippen LogP contribution in [0.2, 0.25) is 0 Å². The molecule has 0 radical (unpaired) electrons. The van der Waals surface area contributed by atoms with E-state index in [-0.39, 0.29) is 12.1 Å². The van der Waals surface area contributed by atoms with Gasteiger partial charge in [0, 0.05) is 48.2 Å². The van der Waals surface area contributed by atoms with Crippen LogP contribution >= 0.6 is 11.3 Å². The van der Waals surface area contributed by atoms with Crippen LogP contribution in [0.4, 0.5) is 11.6 Å². The van der Waals surface area contributed by atoms with Crippen LogP contribution in [0.3, 0.4) is 0 Å². The van der Waals surface area contributed by atoms with Gasteiger partial charge in [-0.2, -0.15) is 5.26 Å². The summed E-state index contributed by atoms with van der Waals surface area (Å²) in [5, 5.41) is 31.9. The SMILES string of the molecule is C[C@@H](Cn1cnnn1)Oc1cc(-c2cnc(Nc3cn(C4CCC(N5C=C6C[C@@H]5CO6)CC4)nc3OCc3nccs3)nc2)ccc1C#N. The molecule has 1 N–H and O–H groups in total. The lowest BCUT2D eigenvalue weighted by atomic mass is 9.90. The topological polar surface area (TPSA) is 167 Å². The minimum atomic E-state index is -0.274. The molecular formula is C33H34N12O3S. The lowest BCUT2D eigenvalue weighted by Gasteiger charge is -2.38. The lowest BCUT2D eigenvalue weighted by molar-refractivity contribution is 0.106. The molecule has 1 aromatic carbocycles. The molecule has 6 heterocycles. The van der Waals surface area contributed by atoms with Crippen LogP contribution in [0.1, 0.15) is 55.6 Å². The third-order valence-electron chi connectivity index (χ3n) is 9.09. The fourth-order valence-electron chi connectivity index (χ4n) is 6.68. The molecule has 4 aromatic heterocycles. The van der Waals surface area contributed by atoms with E-state index in [0.717, 1.165) is 60.6 Å². The molecular weight excluding hydrogens is 645 g/mol. The van der Waals surface area contributed by atoms with Crippen molar-refractivity contribution in [2.24, 2.45) is 0 Å². The van der Waals surface area contributed by atoms with Crippen LogP contribution in [0.15, 0.2) is 66.7 Å². The van der Waals surface area contributed by atoms with Gasteiger partial charge < -0.3 is 24.4 Å². The maximum Gasteiger partial charge on any atom is 0.257 e. The Kier molecular flexibility index (Phi) is 8.48. The quantitative estimate of drug-likeness (QED) is 0.190. The summed E-state index contributed by atoms with van der Waals surface area (Å²) >= 11 is 1.54. The summed E-state index contributed by atoms with van der Waals surface area (Å²) in [5.74, 6) is 2.48. The fraction of sp³-hybridized carbons (Fsp3) is 0.394. The van der Waals surface area contributed by atoms with Gasteiger partial charge in [0.2, 0.25) is 5.95 Å². The van der Waals surface area contributed by atoms with Gasteiger partial charge in [-0.05, 0) is 60.7 Å². The number of nitriles is 1. The van der Waals surface area contributed by atoms with Crippen molar-refractivity contribution in [2.45, 2.75) is 76.4 Å². The van der Waals surface area contributed by atoms with Crippen LogP contribution < -0.4 is 14.8 Å². The minimum Gasteiger partial charge on any atom is -0.494 e. The third-order valence-corrected chi connectivity index (χ3v) is 9.84. The van der Waals surface area contributed by atoms with E-state index in [1.54, 1.807) is 40.7 Å². The number of thiazole rings is 1. The number of rotatable bonds is 12. The first-order valence-electron chi connectivity index (χ1n) is 16.3. The Balaban J connectivity index is 0.964. The highest BCUT2D eigenvalue weighted by Gasteiger charge is 2.38. The second-order valence-corrected chi connectivity index (χ2v) is 13.4. The zero-order valence-electron chi connectivity index (χ0n) is 26.8. The number of nitrogens with one attached hydrogen (secondary N) is 1. The lowest BCUT2D eigenvalue weighted by Crippen LogP contribution is -2.41. The van der Waals surface area contributed by atoms with Crippen LogP contribution in [0.25, 0.3) is 11.1 Å². The maximum absolute atomic E-state index is 9.67. The number of hydrogen-bond acceptors (Lipinski definition) is 14. The average molecular weight is 679 g/mol. The normalized spacial score (nSPS) is 20.4. The monoisotopic (exact) mass is 678 g/mol. The summed E-state index contributed by atoms with van der Waals surface area (Å²) in [4.78, 5) is 16.1. The van der Waals surface area contributed by atoms with Gasteiger partial charge in [-0.15, -0.1) is 21.5 Å². The van der Waals surface area contributed by atoms with Gasteiger partial charge in [0.15, 0.2) is 0 Å². The van der Waals surface area contributed by atoms with E-state index >= 15 is 0 Å². The molecule has 0 spiro atoms. The summed E-state index contributed by atoms with van der Waals surface area (Å²) in [6, 6.07) is 8.92. The maximum atomic E-state index is 9.67. The predicted molar refractivity (Wildman–Crippen MR) is 178 cm³/mol. The number of hydrogen-bond donors (Lipinski definition) is 1. The molecule has 2 fully saturated rings.